The second-order valence-electron chi connectivity index (χ2n) is 5.47. The van der Waals surface area contributed by atoms with Gasteiger partial charge in [-0.2, -0.15) is 17.5 Å². The van der Waals surface area contributed by atoms with Gasteiger partial charge in [-0.15, -0.1) is 0 Å². The minimum atomic E-state index is -4.48. The van der Waals surface area contributed by atoms with Crippen LogP contribution in [0.1, 0.15) is 4.88 Å². The second kappa shape index (κ2) is 6.74. The van der Waals surface area contributed by atoms with Gasteiger partial charge >= 0.3 is 6.18 Å². The van der Waals surface area contributed by atoms with E-state index in [0.717, 1.165) is 22.6 Å². The Balaban J connectivity index is 1.73. The molecule has 142 valence electrons. The molecule has 0 N–H and O–H groups in total. The first-order valence-corrected chi connectivity index (χ1v) is 9.58. The van der Waals surface area contributed by atoms with E-state index in [0.29, 0.717) is 17.4 Å². The van der Waals surface area contributed by atoms with Crippen molar-refractivity contribution >= 4 is 26.5 Å². The molecule has 0 unspecified atom stereocenters. The lowest BCUT2D eigenvalue weighted by molar-refractivity contribution is -0.134. The van der Waals surface area contributed by atoms with Crippen molar-refractivity contribution in [1.29, 1.82) is 0 Å². The minimum Gasteiger partial charge on any atom is -0.345 e. The maximum Gasteiger partial charge on any atom is 0.427 e. The van der Waals surface area contributed by atoms with Gasteiger partial charge in [0.2, 0.25) is 10.0 Å². The van der Waals surface area contributed by atoms with Crippen LogP contribution in [0, 0.1) is 11.6 Å². The number of sulfonamides is 1. The Labute approximate surface area is 149 Å². The van der Waals surface area contributed by atoms with Crippen molar-refractivity contribution in [2.24, 2.45) is 0 Å². The van der Waals surface area contributed by atoms with Gasteiger partial charge in [0.05, 0.1) is 6.20 Å². The molecule has 12 heteroatoms. The van der Waals surface area contributed by atoms with Crippen LogP contribution in [0.3, 0.4) is 0 Å². The number of hydrogen-bond donors (Lipinski definition) is 0. The summed E-state index contributed by atoms with van der Waals surface area (Å²) >= 11 is 0.476. The summed E-state index contributed by atoms with van der Waals surface area (Å²) in [4.78, 5) is 3.79. The Kier molecular flexibility index (Phi) is 4.92. The minimum absolute atomic E-state index is 0.0555. The monoisotopic (exact) mass is 413 g/mol. The zero-order chi connectivity index (χ0) is 19.1. The standard InChI is InChI=1S/C14H12F5N3O2S2/c15-9-1-2-11(10(16)7-9)26(23,24)22-5-3-21(4-6-22)13-20-8-12(25-13)14(17,18)19/h1-2,7-8H,3-6H2. The molecule has 0 spiro atoms. The molecule has 1 aromatic heterocycles. The largest absolute Gasteiger partial charge is 0.427 e. The van der Waals surface area contributed by atoms with Crippen LogP contribution >= 0.6 is 11.3 Å². The number of thiazole rings is 1. The van der Waals surface area contributed by atoms with Crippen molar-refractivity contribution in [3.05, 3.63) is 40.9 Å². The summed E-state index contributed by atoms with van der Waals surface area (Å²) in [6, 6.07) is 2.18. The Bertz CT molecular complexity index is 906. The van der Waals surface area contributed by atoms with E-state index in [1.165, 1.54) is 4.90 Å². The molecule has 0 aliphatic carbocycles. The summed E-state index contributed by atoms with van der Waals surface area (Å²) in [7, 11) is -4.17. The summed E-state index contributed by atoms with van der Waals surface area (Å²) in [5.74, 6) is -2.09. The number of nitrogens with zero attached hydrogens (tertiary/aromatic N) is 3. The smallest absolute Gasteiger partial charge is 0.345 e. The topological polar surface area (TPSA) is 53.5 Å². The van der Waals surface area contributed by atoms with Crippen molar-refractivity contribution in [1.82, 2.24) is 9.29 Å². The van der Waals surface area contributed by atoms with Crippen molar-refractivity contribution in [3.63, 3.8) is 0 Å². The van der Waals surface area contributed by atoms with Gasteiger partial charge in [0.15, 0.2) is 5.13 Å². The number of rotatable bonds is 3. The van der Waals surface area contributed by atoms with Crippen molar-refractivity contribution in [2.45, 2.75) is 11.1 Å². The highest BCUT2D eigenvalue weighted by Gasteiger charge is 2.35. The first-order valence-electron chi connectivity index (χ1n) is 7.32. The van der Waals surface area contributed by atoms with Gasteiger partial charge in [-0.3, -0.25) is 0 Å². The fourth-order valence-corrected chi connectivity index (χ4v) is 4.79. The van der Waals surface area contributed by atoms with Crippen LogP contribution in [0.15, 0.2) is 29.3 Å². The molecule has 26 heavy (non-hydrogen) atoms. The van der Waals surface area contributed by atoms with Crippen LogP contribution < -0.4 is 4.90 Å². The van der Waals surface area contributed by atoms with Crippen molar-refractivity contribution < 1.29 is 30.4 Å². The van der Waals surface area contributed by atoms with E-state index in [-0.39, 0.29) is 31.3 Å². The number of alkyl halides is 3. The van der Waals surface area contributed by atoms with E-state index in [2.05, 4.69) is 4.98 Å². The number of benzene rings is 1. The third-order valence-corrected chi connectivity index (χ3v) is 6.83. The van der Waals surface area contributed by atoms with Gasteiger partial charge in [-0.1, -0.05) is 11.3 Å². The van der Waals surface area contributed by atoms with Crippen molar-refractivity contribution in [2.75, 3.05) is 31.1 Å². The Morgan fingerprint density at radius 2 is 1.73 bits per heavy atom. The van der Waals surface area contributed by atoms with Gasteiger partial charge in [-0.25, -0.2) is 22.2 Å². The molecule has 5 nitrogen and oxygen atoms in total. The van der Waals surface area contributed by atoms with Gasteiger partial charge in [0, 0.05) is 32.2 Å². The SMILES string of the molecule is O=S(=O)(c1ccc(F)cc1F)N1CCN(c2ncc(C(F)(F)F)s2)CC1. The molecule has 0 saturated carbocycles. The lowest BCUT2D eigenvalue weighted by Gasteiger charge is -2.33. The summed E-state index contributed by atoms with van der Waals surface area (Å²) in [5.41, 5.74) is 0. The molecular formula is C14H12F5N3O2S2. The van der Waals surface area contributed by atoms with Crippen LogP contribution in [0.2, 0.25) is 0 Å². The molecule has 0 bridgehead atoms. The summed E-state index contributed by atoms with van der Waals surface area (Å²) in [6.07, 6.45) is -3.75. The molecule has 0 atom stereocenters. The molecule has 1 aliphatic rings. The second-order valence-corrected chi connectivity index (χ2v) is 8.39. The molecule has 2 aromatic rings. The zero-order valence-electron chi connectivity index (χ0n) is 13.0. The van der Waals surface area contributed by atoms with Gasteiger partial charge < -0.3 is 4.90 Å². The lowest BCUT2D eigenvalue weighted by Crippen LogP contribution is -2.48. The highest BCUT2D eigenvalue weighted by molar-refractivity contribution is 7.89. The highest BCUT2D eigenvalue weighted by Crippen LogP contribution is 2.36. The third kappa shape index (κ3) is 3.67. The fraction of sp³-hybridized carbons (Fsp3) is 0.357. The lowest BCUT2D eigenvalue weighted by atomic mass is 10.3. The van der Waals surface area contributed by atoms with Gasteiger partial charge in [-0.05, 0) is 12.1 Å². The maximum absolute atomic E-state index is 13.8. The van der Waals surface area contributed by atoms with E-state index in [4.69, 9.17) is 0 Å². The average Bonchev–Trinajstić information content (AvgIpc) is 3.05. The van der Waals surface area contributed by atoms with Crippen LogP contribution in [0.5, 0.6) is 0 Å². The zero-order valence-corrected chi connectivity index (χ0v) is 14.6. The van der Waals surface area contributed by atoms with E-state index >= 15 is 0 Å². The number of aromatic nitrogens is 1. The highest BCUT2D eigenvalue weighted by atomic mass is 32.2. The van der Waals surface area contributed by atoms with E-state index in [9.17, 15) is 30.4 Å². The van der Waals surface area contributed by atoms with Gasteiger partial charge in [0.25, 0.3) is 0 Å². The van der Waals surface area contributed by atoms with Crippen LogP contribution in [-0.4, -0.2) is 43.9 Å². The summed E-state index contributed by atoms with van der Waals surface area (Å²) in [6.45, 7) is 0.0971. The quantitative estimate of drug-likeness (QED) is 0.727. The van der Waals surface area contributed by atoms with Crippen LogP contribution in [-0.2, 0) is 16.2 Å². The molecule has 3 rings (SSSR count). The van der Waals surface area contributed by atoms with Gasteiger partial charge in [0.1, 0.15) is 21.4 Å². The molecule has 1 aliphatic heterocycles. The molecular weight excluding hydrogens is 401 g/mol. The number of hydrogen-bond acceptors (Lipinski definition) is 5. The Morgan fingerprint density at radius 1 is 1.08 bits per heavy atom. The number of halogens is 5. The summed E-state index contributed by atoms with van der Waals surface area (Å²) < 4.78 is 90.7. The molecule has 1 fully saturated rings. The average molecular weight is 413 g/mol. The third-order valence-electron chi connectivity index (χ3n) is 3.79. The molecule has 0 amide bonds. The van der Waals surface area contributed by atoms with Crippen molar-refractivity contribution in [3.8, 4) is 0 Å². The maximum atomic E-state index is 13.8. The van der Waals surface area contributed by atoms with Crippen LogP contribution in [0.25, 0.3) is 0 Å². The van der Waals surface area contributed by atoms with E-state index < -0.39 is 37.6 Å². The molecule has 1 aromatic carbocycles. The Morgan fingerprint density at radius 3 is 2.27 bits per heavy atom. The molecule has 2 heterocycles. The first-order chi connectivity index (χ1) is 12.1. The van der Waals surface area contributed by atoms with E-state index in [1.807, 2.05) is 0 Å². The van der Waals surface area contributed by atoms with Crippen LogP contribution in [0.4, 0.5) is 27.1 Å². The molecule has 1 saturated heterocycles. The summed E-state index contributed by atoms with van der Waals surface area (Å²) in [5, 5.41) is 0.141. The number of piperazine rings is 1. The molecule has 0 radical (unpaired) electrons. The normalized spacial score (nSPS) is 16.9. The fourth-order valence-electron chi connectivity index (χ4n) is 2.49. The predicted octanol–water partition coefficient (Wildman–Crippen LogP) is 2.95. The predicted molar refractivity (Wildman–Crippen MR) is 84.4 cm³/mol. The van der Waals surface area contributed by atoms with E-state index in [1.54, 1.807) is 0 Å². The number of anilines is 1. The Hall–Kier alpha value is -1.79. The first kappa shape index (κ1) is 19.0.